The van der Waals surface area contributed by atoms with Gasteiger partial charge in [-0.1, -0.05) is 6.07 Å². The summed E-state index contributed by atoms with van der Waals surface area (Å²) >= 11 is 0. The van der Waals surface area contributed by atoms with Gasteiger partial charge in [0.25, 0.3) is 10.0 Å². The minimum Gasteiger partial charge on any atom is -0.381 e. The van der Waals surface area contributed by atoms with Gasteiger partial charge in [-0.15, -0.1) is 0 Å². The van der Waals surface area contributed by atoms with Gasteiger partial charge in [0, 0.05) is 56.2 Å². The van der Waals surface area contributed by atoms with Crippen LogP contribution in [0.2, 0.25) is 0 Å². The lowest BCUT2D eigenvalue weighted by Gasteiger charge is -2.32. The molecule has 0 spiro atoms. The maximum Gasteiger partial charge on any atom is 0.350 e. The Kier molecular flexibility index (Phi) is 12.2. The van der Waals surface area contributed by atoms with Crippen LogP contribution < -0.4 is 20.7 Å². The second kappa shape index (κ2) is 15.9. The van der Waals surface area contributed by atoms with Crippen molar-refractivity contribution in [2.24, 2.45) is 5.41 Å². The molecule has 2 fully saturated rings. The monoisotopic (exact) mass is 635 g/mol. The third-order valence-corrected chi connectivity index (χ3v) is 9.25. The lowest BCUT2D eigenvalue weighted by molar-refractivity contribution is 0.0455. The molecule has 1 saturated heterocycles. The molecule has 4 rings (SSSR count). The summed E-state index contributed by atoms with van der Waals surface area (Å²) in [6, 6.07) is 11.0. The number of nitrogens with zero attached hydrogens (tertiary/aromatic N) is 3. The first-order chi connectivity index (χ1) is 21.1. The number of rotatable bonds is 15. The fourth-order valence-electron chi connectivity index (χ4n) is 5.56. The SMILES string of the molecule is Cc1cnc(NC2CCC(NC(C)COCCNS(=O)(=O)C(F)F)CC2)cc1-c1cccc(NCC2(C#N)CCOCC2)n1. The van der Waals surface area contributed by atoms with Crippen molar-refractivity contribution in [1.29, 1.82) is 5.26 Å². The molecule has 1 saturated carbocycles. The minimum absolute atomic E-state index is 0.0220. The second-order valence-electron chi connectivity index (χ2n) is 11.7. The van der Waals surface area contributed by atoms with Gasteiger partial charge >= 0.3 is 5.76 Å². The van der Waals surface area contributed by atoms with Crippen LogP contribution in [0.25, 0.3) is 11.3 Å². The van der Waals surface area contributed by atoms with Crippen molar-refractivity contribution in [2.45, 2.75) is 76.3 Å². The first-order valence-corrected chi connectivity index (χ1v) is 16.7. The van der Waals surface area contributed by atoms with Crippen molar-refractivity contribution in [2.75, 3.05) is 50.2 Å². The summed E-state index contributed by atoms with van der Waals surface area (Å²) in [4.78, 5) is 9.46. The molecule has 3 heterocycles. The number of aromatic nitrogens is 2. The molecule has 0 bridgehead atoms. The summed E-state index contributed by atoms with van der Waals surface area (Å²) in [5, 5.41) is 20.3. The Morgan fingerprint density at radius 1 is 1.16 bits per heavy atom. The third kappa shape index (κ3) is 9.77. The van der Waals surface area contributed by atoms with Crippen LogP contribution >= 0.6 is 0 Å². The van der Waals surface area contributed by atoms with Crippen LogP contribution in [0.5, 0.6) is 0 Å². The summed E-state index contributed by atoms with van der Waals surface area (Å²) < 4.78 is 59.5. The van der Waals surface area contributed by atoms with Crippen LogP contribution in [0, 0.1) is 23.7 Å². The predicted molar refractivity (Wildman–Crippen MR) is 165 cm³/mol. The Balaban J connectivity index is 1.23. The number of nitrogens with one attached hydrogen (secondary N) is 4. The number of sulfonamides is 1. The van der Waals surface area contributed by atoms with E-state index in [1.165, 1.54) is 0 Å². The predicted octanol–water partition coefficient (Wildman–Crippen LogP) is 4.04. The minimum atomic E-state index is -4.59. The van der Waals surface area contributed by atoms with Gasteiger partial charge in [0.2, 0.25) is 0 Å². The summed E-state index contributed by atoms with van der Waals surface area (Å²) in [7, 11) is -4.59. The number of anilines is 2. The average Bonchev–Trinajstić information content (AvgIpc) is 3.02. The highest BCUT2D eigenvalue weighted by Gasteiger charge is 2.32. The molecule has 1 aliphatic heterocycles. The highest BCUT2D eigenvalue weighted by atomic mass is 32.2. The molecule has 242 valence electrons. The molecule has 1 atom stereocenters. The van der Waals surface area contributed by atoms with E-state index in [4.69, 9.17) is 14.5 Å². The molecule has 0 radical (unpaired) electrons. The standard InChI is InChI=1S/C30H43F2N7O4S/c1-21-17-34-28(16-25(21)26-4-3-5-27(39-26)35-20-30(19-33)10-13-42-14-11-30)38-24-8-6-23(7-9-24)37-22(2)18-43-15-12-36-44(40,41)29(31)32/h3-5,16-17,22-24,29,36-37H,6-15,18,20H2,1-2H3,(H,34,38)(H,35,39). The molecule has 11 nitrogen and oxygen atoms in total. The zero-order chi connectivity index (χ0) is 31.6. The fourth-order valence-corrected chi connectivity index (χ4v) is 6.05. The van der Waals surface area contributed by atoms with E-state index in [2.05, 4.69) is 27.0 Å². The van der Waals surface area contributed by atoms with Gasteiger partial charge in [0.1, 0.15) is 11.6 Å². The van der Waals surface area contributed by atoms with Gasteiger partial charge in [0.15, 0.2) is 0 Å². The van der Waals surface area contributed by atoms with E-state index in [-0.39, 0.29) is 25.2 Å². The zero-order valence-electron chi connectivity index (χ0n) is 25.3. The molecular weight excluding hydrogens is 592 g/mol. The number of halogens is 2. The Morgan fingerprint density at radius 3 is 2.59 bits per heavy atom. The van der Waals surface area contributed by atoms with E-state index in [0.717, 1.165) is 54.1 Å². The Labute approximate surface area is 258 Å². The topological polar surface area (TPSA) is 150 Å². The van der Waals surface area contributed by atoms with Crippen LogP contribution in [-0.2, 0) is 19.5 Å². The number of alkyl halides is 2. The van der Waals surface area contributed by atoms with Gasteiger partial charge in [-0.05, 0) is 76.1 Å². The molecular formula is C30H43F2N7O4S. The Morgan fingerprint density at radius 2 is 1.89 bits per heavy atom. The lowest BCUT2D eigenvalue weighted by Crippen LogP contribution is -2.43. The van der Waals surface area contributed by atoms with Gasteiger partial charge in [-0.2, -0.15) is 14.0 Å². The largest absolute Gasteiger partial charge is 0.381 e. The number of aryl methyl sites for hydroxylation is 1. The molecule has 2 aromatic rings. The molecule has 1 unspecified atom stereocenters. The number of ether oxygens (including phenoxy) is 2. The van der Waals surface area contributed by atoms with Crippen molar-refractivity contribution in [1.82, 2.24) is 20.0 Å². The van der Waals surface area contributed by atoms with Crippen molar-refractivity contribution >= 4 is 21.7 Å². The third-order valence-electron chi connectivity index (χ3n) is 8.17. The summed E-state index contributed by atoms with van der Waals surface area (Å²) in [5.74, 6) is -1.91. The van der Waals surface area contributed by atoms with Gasteiger partial charge in [0.05, 0.1) is 30.4 Å². The fraction of sp³-hybridized carbons (Fsp3) is 0.633. The number of hydrogen-bond acceptors (Lipinski definition) is 10. The van der Waals surface area contributed by atoms with Crippen LogP contribution in [0.1, 0.15) is 51.0 Å². The summed E-state index contributed by atoms with van der Waals surface area (Å²) in [5.41, 5.74) is 2.42. The molecule has 2 aliphatic rings. The van der Waals surface area contributed by atoms with Crippen molar-refractivity contribution in [3.63, 3.8) is 0 Å². The maximum absolute atomic E-state index is 12.3. The Bertz CT molecular complexity index is 1360. The highest BCUT2D eigenvalue weighted by molar-refractivity contribution is 7.89. The van der Waals surface area contributed by atoms with Crippen molar-refractivity contribution in [3.8, 4) is 17.3 Å². The average molecular weight is 636 g/mol. The molecule has 4 N–H and O–H groups in total. The van der Waals surface area contributed by atoms with Crippen LogP contribution in [-0.4, -0.2) is 81.8 Å². The summed E-state index contributed by atoms with van der Waals surface area (Å²) in [6.07, 6.45) is 7.16. The van der Waals surface area contributed by atoms with Crippen LogP contribution in [0.4, 0.5) is 20.4 Å². The van der Waals surface area contributed by atoms with Crippen LogP contribution in [0.15, 0.2) is 30.5 Å². The molecule has 1 aliphatic carbocycles. The molecule has 0 amide bonds. The molecule has 0 aromatic carbocycles. The highest BCUT2D eigenvalue weighted by Crippen LogP contribution is 2.31. The number of nitriles is 1. The lowest BCUT2D eigenvalue weighted by atomic mass is 9.82. The van der Waals surface area contributed by atoms with Gasteiger partial charge in [-0.3, -0.25) is 0 Å². The molecule has 2 aromatic heterocycles. The number of hydrogen-bond donors (Lipinski definition) is 4. The van der Waals surface area contributed by atoms with E-state index in [1.54, 1.807) is 0 Å². The van der Waals surface area contributed by atoms with Crippen molar-refractivity contribution in [3.05, 3.63) is 36.0 Å². The second-order valence-corrected chi connectivity index (χ2v) is 13.4. The van der Waals surface area contributed by atoms with E-state index in [9.17, 15) is 22.5 Å². The first kappa shape index (κ1) is 33.9. The molecule has 44 heavy (non-hydrogen) atoms. The summed E-state index contributed by atoms with van der Waals surface area (Å²) in [6.45, 7) is 5.92. The van der Waals surface area contributed by atoms with Gasteiger partial charge < -0.3 is 25.4 Å². The zero-order valence-corrected chi connectivity index (χ0v) is 26.1. The normalized spacial score (nSPS) is 21.0. The first-order valence-electron chi connectivity index (χ1n) is 15.1. The van der Waals surface area contributed by atoms with E-state index in [0.29, 0.717) is 45.2 Å². The van der Waals surface area contributed by atoms with Crippen LogP contribution in [0.3, 0.4) is 0 Å². The number of pyridine rings is 2. The van der Waals surface area contributed by atoms with Crippen molar-refractivity contribution < 1.29 is 26.7 Å². The molecule has 14 heteroatoms. The van der Waals surface area contributed by atoms with E-state index in [1.807, 2.05) is 49.0 Å². The van der Waals surface area contributed by atoms with E-state index < -0.39 is 21.2 Å². The quantitative estimate of drug-likeness (QED) is 0.211. The maximum atomic E-state index is 12.3. The smallest absolute Gasteiger partial charge is 0.350 e. The Hall–Kier alpha value is -2.96. The van der Waals surface area contributed by atoms with E-state index >= 15 is 0 Å². The van der Waals surface area contributed by atoms with Gasteiger partial charge in [-0.25, -0.2) is 23.1 Å².